The topological polar surface area (TPSA) is 43.4 Å². The van der Waals surface area contributed by atoms with Crippen LogP contribution in [0.5, 0.6) is 0 Å². The number of rotatable bonds is 0. The van der Waals surface area contributed by atoms with Gasteiger partial charge in [0.05, 0.1) is 11.4 Å². The molecule has 1 fully saturated rings. The molecule has 1 aliphatic rings. The van der Waals surface area contributed by atoms with Gasteiger partial charge >= 0.3 is 0 Å². The van der Waals surface area contributed by atoms with E-state index in [2.05, 4.69) is 0 Å². The first-order chi connectivity index (χ1) is 5.27. The van der Waals surface area contributed by atoms with Gasteiger partial charge in [0.15, 0.2) is 14.8 Å². The van der Waals surface area contributed by atoms with Crippen LogP contribution in [0.2, 0.25) is 0 Å². The molecule has 0 aromatic rings. The highest BCUT2D eigenvalue weighted by Gasteiger charge is 2.45. The molecule has 0 aromatic heterocycles. The highest BCUT2D eigenvalue weighted by Crippen LogP contribution is 2.32. The quantitative estimate of drug-likeness (QED) is 0.581. The molecular formula is C8H16O3S. The molecule has 12 heavy (non-hydrogen) atoms. The molecule has 1 aliphatic heterocycles. The maximum Gasteiger partial charge on any atom is 0.182 e. The Morgan fingerprint density at radius 2 is 1.83 bits per heavy atom. The fourth-order valence-corrected chi connectivity index (χ4v) is 3.47. The average molecular weight is 192 g/mol. The van der Waals surface area contributed by atoms with Crippen molar-refractivity contribution < 1.29 is 13.2 Å². The Morgan fingerprint density at radius 3 is 2.25 bits per heavy atom. The zero-order valence-electron chi connectivity index (χ0n) is 7.99. The van der Waals surface area contributed by atoms with E-state index in [1.54, 1.807) is 20.8 Å². The Balaban J connectivity index is 3.03. The Kier molecular flexibility index (Phi) is 2.25. The van der Waals surface area contributed by atoms with Gasteiger partial charge in [-0.3, -0.25) is 0 Å². The third-order valence-corrected chi connectivity index (χ3v) is 5.08. The van der Waals surface area contributed by atoms with Gasteiger partial charge in [-0.25, -0.2) is 8.42 Å². The first kappa shape index (κ1) is 9.99. The summed E-state index contributed by atoms with van der Waals surface area (Å²) in [6.45, 7) is 6.89. The van der Waals surface area contributed by atoms with Crippen molar-refractivity contribution >= 4 is 9.84 Å². The summed E-state index contributed by atoms with van der Waals surface area (Å²) in [4.78, 5) is -1.01. The van der Waals surface area contributed by atoms with Gasteiger partial charge in [0.1, 0.15) is 0 Å². The summed E-state index contributed by atoms with van der Waals surface area (Å²) in [5, 5.41) is -0.281. The van der Waals surface area contributed by atoms with E-state index in [0.29, 0.717) is 6.42 Å². The second-order valence-corrected chi connectivity index (χ2v) is 6.80. The van der Waals surface area contributed by atoms with Crippen molar-refractivity contribution in [3.05, 3.63) is 0 Å². The van der Waals surface area contributed by atoms with Gasteiger partial charge in [-0.15, -0.1) is 0 Å². The lowest BCUT2D eigenvalue weighted by Crippen LogP contribution is -2.48. The maximum atomic E-state index is 11.7. The molecule has 0 amide bonds. The van der Waals surface area contributed by atoms with Crippen molar-refractivity contribution in [2.75, 3.05) is 0 Å². The zero-order chi connectivity index (χ0) is 9.57. The van der Waals surface area contributed by atoms with Crippen LogP contribution in [0, 0.1) is 0 Å². The highest BCUT2D eigenvalue weighted by atomic mass is 32.2. The third kappa shape index (κ3) is 1.38. The molecule has 0 radical (unpaired) electrons. The summed E-state index contributed by atoms with van der Waals surface area (Å²) in [5.41, 5.74) is 0. The first-order valence-corrected chi connectivity index (χ1v) is 5.73. The fraction of sp³-hybridized carbons (Fsp3) is 1.00. The van der Waals surface area contributed by atoms with E-state index in [1.165, 1.54) is 0 Å². The van der Waals surface area contributed by atoms with Crippen molar-refractivity contribution in [1.29, 1.82) is 0 Å². The largest absolute Gasteiger partial charge is 0.357 e. The van der Waals surface area contributed by atoms with Crippen LogP contribution in [0.15, 0.2) is 0 Å². The monoisotopic (exact) mass is 192 g/mol. The number of hydrogen-bond acceptors (Lipinski definition) is 3. The van der Waals surface area contributed by atoms with Crippen LogP contribution in [-0.4, -0.2) is 24.7 Å². The molecule has 4 heteroatoms. The molecule has 2 atom stereocenters. The van der Waals surface area contributed by atoms with E-state index in [0.717, 1.165) is 0 Å². The Labute approximate surface area is 74.0 Å². The predicted octanol–water partition coefficient (Wildman–Crippen LogP) is 1.33. The van der Waals surface area contributed by atoms with E-state index >= 15 is 0 Å². The van der Waals surface area contributed by atoms with Crippen molar-refractivity contribution in [1.82, 2.24) is 0 Å². The van der Waals surface area contributed by atoms with Crippen LogP contribution in [0.1, 0.15) is 34.1 Å². The van der Waals surface area contributed by atoms with Gasteiger partial charge in [0.25, 0.3) is 0 Å². The summed E-state index contributed by atoms with van der Waals surface area (Å²) < 4.78 is 28.7. The molecule has 0 N–H and O–H groups in total. The highest BCUT2D eigenvalue weighted by molar-refractivity contribution is 7.93. The molecule has 1 heterocycles. The molecule has 0 aliphatic carbocycles. The summed E-state index contributed by atoms with van der Waals surface area (Å²) in [6.07, 6.45) is 0.643. The maximum absolute atomic E-state index is 11.7. The molecule has 0 saturated carbocycles. The van der Waals surface area contributed by atoms with Crippen LogP contribution in [-0.2, 0) is 14.6 Å². The molecule has 0 spiro atoms. The van der Waals surface area contributed by atoms with Crippen molar-refractivity contribution in [2.24, 2.45) is 0 Å². The van der Waals surface area contributed by atoms with Gasteiger partial charge in [-0.05, 0) is 34.1 Å². The van der Waals surface area contributed by atoms with E-state index in [-0.39, 0.29) is 11.4 Å². The van der Waals surface area contributed by atoms with E-state index < -0.39 is 14.8 Å². The average Bonchev–Trinajstić information content (AvgIpc) is 1.82. The zero-order valence-corrected chi connectivity index (χ0v) is 8.81. The van der Waals surface area contributed by atoms with Gasteiger partial charge < -0.3 is 4.74 Å². The van der Waals surface area contributed by atoms with E-state index in [9.17, 15) is 8.42 Å². The van der Waals surface area contributed by atoms with Crippen LogP contribution >= 0.6 is 0 Å². The summed E-state index contributed by atoms with van der Waals surface area (Å²) in [5.74, 6) is 0. The molecular weight excluding hydrogens is 176 g/mol. The van der Waals surface area contributed by atoms with Crippen LogP contribution in [0.4, 0.5) is 0 Å². The standard InChI is InChI=1S/C8H16O3S/c1-6-5-7(2)12(9,10)8(3,4)11-6/h6-7H,5H2,1-4H3. The normalized spacial score (nSPS) is 39.3. The summed E-state index contributed by atoms with van der Waals surface area (Å²) in [7, 11) is -3.09. The van der Waals surface area contributed by atoms with Crippen LogP contribution < -0.4 is 0 Å². The van der Waals surface area contributed by atoms with Crippen LogP contribution in [0.3, 0.4) is 0 Å². The first-order valence-electron chi connectivity index (χ1n) is 4.18. The molecule has 1 rings (SSSR count). The predicted molar refractivity (Wildman–Crippen MR) is 47.6 cm³/mol. The van der Waals surface area contributed by atoms with Gasteiger partial charge in [0, 0.05) is 0 Å². The lowest BCUT2D eigenvalue weighted by molar-refractivity contribution is -0.0258. The third-order valence-electron chi connectivity index (χ3n) is 2.36. The van der Waals surface area contributed by atoms with Gasteiger partial charge in [0.2, 0.25) is 0 Å². The number of sulfone groups is 1. The van der Waals surface area contributed by atoms with E-state index in [4.69, 9.17) is 4.74 Å². The van der Waals surface area contributed by atoms with Crippen molar-refractivity contribution in [3.8, 4) is 0 Å². The van der Waals surface area contributed by atoms with Gasteiger partial charge in [-0.2, -0.15) is 0 Å². The number of ether oxygens (including phenoxy) is 1. The molecule has 0 bridgehead atoms. The Bertz CT molecular complexity index is 266. The van der Waals surface area contributed by atoms with E-state index in [1.807, 2.05) is 6.92 Å². The summed E-state index contributed by atoms with van der Waals surface area (Å²) in [6, 6.07) is 0. The second kappa shape index (κ2) is 2.70. The van der Waals surface area contributed by atoms with Crippen molar-refractivity contribution in [3.63, 3.8) is 0 Å². The molecule has 2 unspecified atom stereocenters. The van der Waals surface area contributed by atoms with Gasteiger partial charge in [-0.1, -0.05) is 0 Å². The van der Waals surface area contributed by atoms with Crippen LogP contribution in [0.25, 0.3) is 0 Å². The minimum Gasteiger partial charge on any atom is -0.357 e. The number of hydrogen-bond donors (Lipinski definition) is 0. The Hall–Kier alpha value is -0.0900. The summed E-state index contributed by atoms with van der Waals surface area (Å²) >= 11 is 0. The molecule has 3 nitrogen and oxygen atoms in total. The smallest absolute Gasteiger partial charge is 0.182 e. The fourth-order valence-electron chi connectivity index (χ4n) is 1.68. The molecule has 72 valence electrons. The lowest BCUT2D eigenvalue weighted by atomic mass is 10.2. The molecule has 0 aromatic carbocycles. The minimum atomic E-state index is -3.09. The minimum absolute atomic E-state index is 0.0403. The SMILES string of the molecule is CC1CC(C)S(=O)(=O)C(C)(C)O1. The Morgan fingerprint density at radius 1 is 1.33 bits per heavy atom. The molecule has 1 saturated heterocycles. The lowest BCUT2D eigenvalue weighted by Gasteiger charge is -2.37. The van der Waals surface area contributed by atoms with Crippen molar-refractivity contribution in [2.45, 2.75) is 50.4 Å². The second-order valence-electron chi connectivity index (χ2n) is 3.92.